The number of hydrogen-bond acceptors (Lipinski definition) is 4. The third-order valence-corrected chi connectivity index (χ3v) is 4.28. The van der Waals surface area contributed by atoms with Crippen LogP contribution in [-0.2, 0) is 22.6 Å². The van der Waals surface area contributed by atoms with Gasteiger partial charge in [-0.3, -0.25) is 14.4 Å². The van der Waals surface area contributed by atoms with Gasteiger partial charge in [-0.1, -0.05) is 31.2 Å². The monoisotopic (exact) mass is 328 g/mol. The molecule has 0 aliphatic carbocycles. The molecule has 0 saturated carbocycles. The SMILES string of the molecule is CCN1CCOC(C(=O)NCc2ccc(Cn3cccn3)cc2)C1. The maximum Gasteiger partial charge on any atom is 0.250 e. The van der Waals surface area contributed by atoms with Crippen molar-refractivity contribution in [3.8, 4) is 0 Å². The summed E-state index contributed by atoms with van der Waals surface area (Å²) in [6.45, 7) is 6.52. The van der Waals surface area contributed by atoms with Crippen LogP contribution >= 0.6 is 0 Å². The van der Waals surface area contributed by atoms with Gasteiger partial charge in [-0.15, -0.1) is 0 Å². The van der Waals surface area contributed by atoms with E-state index in [1.165, 1.54) is 5.56 Å². The summed E-state index contributed by atoms with van der Waals surface area (Å²) in [7, 11) is 0. The second-order valence-electron chi connectivity index (χ2n) is 5.99. The van der Waals surface area contributed by atoms with Crippen molar-refractivity contribution >= 4 is 5.91 Å². The maximum atomic E-state index is 12.2. The van der Waals surface area contributed by atoms with E-state index in [2.05, 4.69) is 34.4 Å². The normalized spacial score (nSPS) is 18.5. The average Bonchev–Trinajstić information content (AvgIpc) is 3.14. The lowest BCUT2D eigenvalue weighted by atomic mass is 10.1. The largest absolute Gasteiger partial charge is 0.366 e. The van der Waals surface area contributed by atoms with Gasteiger partial charge in [0.25, 0.3) is 5.91 Å². The summed E-state index contributed by atoms with van der Waals surface area (Å²) < 4.78 is 7.46. The van der Waals surface area contributed by atoms with Gasteiger partial charge in [-0.2, -0.15) is 5.10 Å². The fraction of sp³-hybridized carbons (Fsp3) is 0.444. The number of likely N-dealkylation sites (N-methyl/N-ethyl adjacent to an activating group) is 1. The van der Waals surface area contributed by atoms with Crippen molar-refractivity contribution < 1.29 is 9.53 Å². The zero-order valence-corrected chi connectivity index (χ0v) is 14.0. The van der Waals surface area contributed by atoms with Crippen LogP contribution in [0.25, 0.3) is 0 Å². The van der Waals surface area contributed by atoms with Crippen LogP contribution in [0.1, 0.15) is 18.1 Å². The smallest absolute Gasteiger partial charge is 0.250 e. The van der Waals surface area contributed by atoms with Crippen molar-refractivity contribution in [1.29, 1.82) is 0 Å². The van der Waals surface area contributed by atoms with E-state index in [1.807, 2.05) is 29.1 Å². The first-order valence-electron chi connectivity index (χ1n) is 8.41. The Morgan fingerprint density at radius 2 is 2.12 bits per heavy atom. The highest BCUT2D eigenvalue weighted by Gasteiger charge is 2.25. The summed E-state index contributed by atoms with van der Waals surface area (Å²) in [5.41, 5.74) is 2.26. The molecule has 2 aromatic rings. The minimum atomic E-state index is -0.363. The summed E-state index contributed by atoms with van der Waals surface area (Å²) in [6.07, 6.45) is 3.35. The number of benzene rings is 1. The van der Waals surface area contributed by atoms with Crippen molar-refractivity contribution in [2.75, 3.05) is 26.2 Å². The minimum Gasteiger partial charge on any atom is -0.366 e. The minimum absolute atomic E-state index is 0.0335. The van der Waals surface area contributed by atoms with E-state index in [0.717, 1.165) is 25.2 Å². The molecule has 24 heavy (non-hydrogen) atoms. The molecule has 1 aliphatic rings. The van der Waals surface area contributed by atoms with Gasteiger partial charge in [0.15, 0.2) is 0 Å². The number of carbonyl (C=O) groups excluding carboxylic acids is 1. The Morgan fingerprint density at radius 1 is 1.33 bits per heavy atom. The molecule has 0 bridgehead atoms. The van der Waals surface area contributed by atoms with Crippen molar-refractivity contribution in [3.63, 3.8) is 0 Å². The van der Waals surface area contributed by atoms with E-state index < -0.39 is 0 Å². The quantitative estimate of drug-likeness (QED) is 0.867. The third-order valence-electron chi connectivity index (χ3n) is 4.28. The highest BCUT2D eigenvalue weighted by Crippen LogP contribution is 2.08. The van der Waals surface area contributed by atoms with Crippen molar-refractivity contribution in [1.82, 2.24) is 20.0 Å². The van der Waals surface area contributed by atoms with E-state index in [-0.39, 0.29) is 12.0 Å². The molecule has 6 heteroatoms. The second kappa shape index (κ2) is 8.08. The molecule has 1 saturated heterocycles. The first-order valence-corrected chi connectivity index (χ1v) is 8.41. The van der Waals surface area contributed by atoms with E-state index in [1.54, 1.807) is 6.20 Å². The number of ether oxygens (including phenoxy) is 1. The molecule has 2 heterocycles. The molecule has 1 amide bonds. The molecule has 1 N–H and O–H groups in total. The van der Waals surface area contributed by atoms with Crippen LogP contribution in [0, 0.1) is 0 Å². The summed E-state index contributed by atoms with van der Waals surface area (Å²) in [5, 5.41) is 7.17. The van der Waals surface area contributed by atoms with Crippen LogP contribution in [0.3, 0.4) is 0 Å². The molecular formula is C18H24N4O2. The number of rotatable bonds is 6. The van der Waals surface area contributed by atoms with Crippen LogP contribution in [0.15, 0.2) is 42.7 Å². The number of nitrogens with one attached hydrogen (secondary N) is 1. The first-order chi connectivity index (χ1) is 11.7. The lowest BCUT2D eigenvalue weighted by Crippen LogP contribution is -2.49. The third kappa shape index (κ3) is 4.43. The molecule has 0 radical (unpaired) electrons. The molecular weight excluding hydrogens is 304 g/mol. The topological polar surface area (TPSA) is 59.4 Å². The molecule has 1 aliphatic heterocycles. The van der Waals surface area contributed by atoms with Crippen LogP contribution < -0.4 is 5.32 Å². The van der Waals surface area contributed by atoms with Crippen LogP contribution in [0.4, 0.5) is 0 Å². The highest BCUT2D eigenvalue weighted by molar-refractivity contribution is 5.81. The van der Waals surface area contributed by atoms with E-state index >= 15 is 0 Å². The summed E-state index contributed by atoms with van der Waals surface area (Å²) in [5.74, 6) is -0.0335. The number of nitrogens with zero attached hydrogens (tertiary/aromatic N) is 3. The highest BCUT2D eigenvalue weighted by atomic mass is 16.5. The second-order valence-corrected chi connectivity index (χ2v) is 5.99. The maximum absolute atomic E-state index is 12.2. The first kappa shape index (κ1) is 16.7. The Hall–Kier alpha value is -2.18. The van der Waals surface area contributed by atoms with Crippen molar-refractivity contribution in [2.24, 2.45) is 0 Å². The molecule has 1 fully saturated rings. The lowest BCUT2D eigenvalue weighted by molar-refractivity contribution is -0.138. The number of aromatic nitrogens is 2. The summed E-state index contributed by atoms with van der Waals surface area (Å²) in [6, 6.07) is 10.1. The van der Waals surface area contributed by atoms with Gasteiger partial charge in [0, 0.05) is 32.0 Å². The van der Waals surface area contributed by atoms with Crippen LogP contribution in [0.2, 0.25) is 0 Å². The number of hydrogen-bond donors (Lipinski definition) is 1. The van der Waals surface area contributed by atoms with Crippen molar-refractivity contribution in [2.45, 2.75) is 26.1 Å². The van der Waals surface area contributed by atoms with E-state index in [0.29, 0.717) is 19.7 Å². The Kier molecular flexibility index (Phi) is 5.61. The number of carbonyl (C=O) groups is 1. The Labute approximate surface area is 142 Å². The number of amides is 1. The Balaban J connectivity index is 1.48. The molecule has 1 unspecified atom stereocenters. The van der Waals surface area contributed by atoms with Gasteiger partial charge in [0.2, 0.25) is 0 Å². The van der Waals surface area contributed by atoms with Gasteiger partial charge in [-0.25, -0.2) is 0 Å². The van der Waals surface area contributed by atoms with E-state index in [9.17, 15) is 4.79 Å². The van der Waals surface area contributed by atoms with E-state index in [4.69, 9.17) is 4.74 Å². The molecule has 128 valence electrons. The lowest BCUT2D eigenvalue weighted by Gasteiger charge is -2.31. The van der Waals surface area contributed by atoms with Crippen LogP contribution in [0.5, 0.6) is 0 Å². The number of morpholine rings is 1. The predicted octanol–water partition coefficient (Wildman–Crippen LogP) is 1.27. The summed E-state index contributed by atoms with van der Waals surface area (Å²) in [4.78, 5) is 14.5. The standard InChI is InChI=1S/C18H24N4O2/c1-2-21-10-11-24-17(14-21)18(23)19-12-15-4-6-16(7-5-15)13-22-9-3-8-20-22/h3-9,17H,2,10-14H2,1H3,(H,19,23). The molecule has 1 aromatic carbocycles. The molecule has 1 atom stereocenters. The zero-order valence-electron chi connectivity index (χ0n) is 14.0. The fourth-order valence-electron chi connectivity index (χ4n) is 2.79. The zero-order chi connectivity index (χ0) is 16.8. The van der Waals surface area contributed by atoms with Crippen molar-refractivity contribution in [3.05, 3.63) is 53.9 Å². The predicted molar refractivity (Wildman–Crippen MR) is 91.5 cm³/mol. The molecule has 0 spiro atoms. The molecule has 1 aromatic heterocycles. The molecule has 3 rings (SSSR count). The van der Waals surface area contributed by atoms with Gasteiger partial charge in [0.1, 0.15) is 6.10 Å². The van der Waals surface area contributed by atoms with Gasteiger partial charge >= 0.3 is 0 Å². The molecule has 6 nitrogen and oxygen atoms in total. The van der Waals surface area contributed by atoms with Gasteiger partial charge < -0.3 is 10.1 Å². The van der Waals surface area contributed by atoms with Gasteiger partial charge in [0.05, 0.1) is 13.2 Å². The fourth-order valence-corrected chi connectivity index (χ4v) is 2.79. The van der Waals surface area contributed by atoms with Crippen LogP contribution in [-0.4, -0.2) is 52.9 Å². The average molecular weight is 328 g/mol. The summed E-state index contributed by atoms with van der Waals surface area (Å²) >= 11 is 0. The Morgan fingerprint density at radius 3 is 2.83 bits per heavy atom. The van der Waals surface area contributed by atoms with Gasteiger partial charge in [-0.05, 0) is 23.7 Å². The Bertz CT molecular complexity index is 640.